The van der Waals surface area contributed by atoms with Crippen LogP contribution in [0.2, 0.25) is 0 Å². The van der Waals surface area contributed by atoms with Gasteiger partial charge in [-0.25, -0.2) is 8.78 Å². The molecule has 1 aromatic heterocycles. The standard InChI is InChI=1S/C15H8F2N2/c16-12-4-11(5-13(17)7-12)15-6-10-2-1-9(8-18)3-14(10)19-15/h1-7,19H. The molecule has 0 unspecified atom stereocenters. The summed E-state index contributed by atoms with van der Waals surface area (Å²) in [7, 11) is 0. The molecule has 0 saturated heterocycles. The van der Waals surface area contributed by atoms with Gasteiger partial charge in [0.1, 0.15) is 11.6 Å². The molecule has 3 aromatic rings. The molecular weight excluding hydrogens is 246 g/mol. The molecule has 0 fully saturated rings. The molecule has 2 nitrogen and oxygen atoms in total. The Morgan fingerprint density at radius 3 is 2.37 bits per heavy atom. The van der Waals surface area contributed by atoms with Crippen LogP contribution in [-0.4, -0.2) is 4.98 Å². The summed E-state index contributed by atoms with van der Waals surface area (Å²) in [6.45, 7) is 0. The Morgan fingerprint density at radius 2 is 1.68 bits per heavy atom. The molecule has 0 atom stereocenters. The average Bonchev–Trinajstić information content (AvgIpc) is 2.80. The van der Waals surface area contributed by atoms with Crippen LogP contribution in [-0.2, 0) is 0 Å². The second kappa shape index (κ2) is 4.21. The van der Waals surface area contributed by atoms with Crippen molar-refractivity contribution < 1.29 is 8.78 Å². The predicted octanol–water partition coefficient (Wildman–Crippen LogP) is 3.98. The summed E-state index contributed by atoms with van der Waals surface area (Å²) in [6, 6.07) is 12.4. The van der Waals surface area contributed by atoms with E-state index < -0.39 is 11.6 Å². The van der Waals surface area contributed by atoms with Crippen LogP contribution >= 0.6 is 0 Å². The molecule has 19 heavy (non-hydrogen) atoms. The fraction of sp³-hybridized carbons (Fsp3) is 0. The van der Waals surface area contributed by atoms with Crippen molar-refractivity contribution in [3.8, 4) is 17.3 Å². The maximum absolute atomic E-state index is 13.2. The molecule has 0 saturated carbocycles. The number of nitriles is 1. The van der Waals surface area contributed by atoms with E-state index in [1.165, 1.54) is 12.1 Å². The highest BCUT2D eigenvalue weighted by molar-refractivity contribution is 5.86. The van der Waals surface area contributed by atoms with Crippen LogP contribution in [0.4, 0.5) is 8.78 Å². The minimum atomic E-state index is -0.619. The molecule has 0 aliphatic rings. The zero-order valence-corrected chi connectivity index (χ0v) is 9.74. The molecule has 92 valence electrons. The number of halogens is 2. The third-order valence-corrected chi connectivity index (χ3v) is 2.93. The zero-order valence-electron chi connectivity index (χ0n) is 9.74. The number of nitrogens with zero attached hydrogens (tertiary/aromatic N) is 1. The summed E-state index contributed by atoms with van der Waals surface area (Å²) in [5.74, 6) is -1.24. The number of rotatable bonds is 1. The third-order valence-electron chi connectivity index (χ3n) is 2.93. The first-order valence-electron chi connectivity index (χ1n) is 5.65. The Morgan fingerprint density at radius 1 is 0.947 bits per heavy atom. The highest BCUT2D eigenvalue weighted by atomic mass is 19.1. The molecule has 0 spiro atoms. The van der Waals surface area contributed by atoms with Gasteiger partial charge < -0.3 is 4.98 Å². The number of aromatic nitrogens is 1. The van der Waals surface area contributed by atoms with Gasteiger partial charge in [-0.1, -0.05) is 6.07 Å². The molecule has 1 N–H and O–H groups in total. The van der Waals surface area contributed by atoms with Crippen molar-refractivity contribution in [3.05, 3.63) is 59.7 Å². The van der Waals surface area contributed by atoms with Crippen molar-refractivity contribution in [1.29, 1.82) is 5.26 Å². The van der Waals surface area contributed by atoms with Gasteiger partial charge in [0, 0.05) is 28.2 Å². The summed E-state index contributed by atoms with van der Waals surface area (Å²) < 4.78 is 26.4. The maximum atomic E-state index is 13.2. The van der Waals surface area contributed by atoms with Gasteiger partial charge >= 0.3 is 0 Å². The first-order valence-corrected chi connectivity index (χ1v) is 5.65. The van der Waals surface area contributed by atoms with E-state index in [9.17, 15) is 8.78 Å². The van der Waals surface area contributed by atoms with Gasteiger partial charge in [-0.2, -0.15) is 5.26 Å². The van der Waals surface area contributed by atoms with E-state index in [-0.39, 0.29) is 0 Å². The Labute approximate surface area is 107 Å². The van der Waals surface area contributed by atoms with E-state index >= 15 is 0 Å². The molecule has 4 heteroatoms. The molecule has 2 aromatic carbocycles. The SMILES string of the molecule is N#Cc1ccc2cc(-c3cc(F)cc(F)c3)[nH]c2c1. The van der Waals surface area contributed by atoms with Crippen LogP contribution in [0.3, 0.4) is 0 Å². The number of fused-ring (bicyclic) bond motifs is 1. The number of aromatic amines is 1. The third kappa shape index (κ3) is 2.06. The molecule has 0 aliphatic heterocycles. The summed E-state index contributed by atoms with van der Waals surface area (Å²) in [5.41, 5.74) is 2.35. The second-order valence-electron chi connectivity index (χ2n) is 4.25. The van der Waals surface area contributed by atoms with Crippen molar-refractivity contribution in [2.24, 2.45) is 0 Å². The summed E-state index contributed by atoms with van der Waals surface area (Å²) in [6.07, 6.45) is 0. The van der Waals surface area contributed by atoms with Crippen molar-refractivity contribution in [3.63, 3.8) is 0 Å². The average molecular weight is 254 g/mol. The number of H-pyrrole nitrogens is 1. The molecule has 1 heterocycles. The fourth-order valence-corrected chi connectivity index (χ4v) is 2.06. The number of benzene rings is 2. The zero-order chi connectivity index (χ0) is 13.4. The maximum Gasteiger partial charge on any atom is 0.126 e. The molecule has 3 rings (SSSR count). The lowest BCUT2D eigenvalue weighted by atomic mass is 10.1. The van der Waals surface area contributed by atoms with E-state index in [2.05, 4.69) is 4.98 Å². The van der Waals surface area contributed by atoms with Crippen LogP contribution in [0.25, 0.3) is 22.2 Å². The number of nitrogens with one attached hydrogen (secondary N) is 1. The topological polar surface area (TPSA) is 39.6 Å². The lowest BCUT2D eigenvalue weighted by Gasteiger charge is -1.98. The van der Waals surface area contributed by atoms with Crippen molar-refractivity contribution in [2.75, 3.05) is 0 Å². The van der Waals surface area contributed by atoms with Gasteiger partial charge in [-0.15, -0.1) is 0 Å². The minimum absolute atomic E-state index is 0.437. The lowest BCUT2D eigenvalue weighted by Crippen LogP contribution is -1.83. The van der Waals surface area contributed by atoms with Gasteiger partial charge in [0.25, 0.3) is 0 Å². The van der Waals surface area contributed by atoms with Crippen LogP contribution in [0.1, 0.15) is 5.56 Å². The molecular formula is C15H8F2N2. The fourth-order valence-electron chi connectivity index (χ4n) is 2.06. The summed E-state index contributed by atoms with van der Waals surface area (Å²) in [4.78, 5) is 3.06. The smallest absolute Gasteiger partial charge is 0.126 e. The summed E-state index contributed by atoms with van der Waals surface area (Å²) in [5, 5.41) is 9.72. The Hall–Kier alpha value is -2.67. The van der Waals surface area contributed by atoms with Crippen LogP contribution < -0.4 is 0 Å². The summed E-state index contributed by atoms with van der Waals surface area (Å²) >= 11 is 0. The van der Waals surface area contributed by atoms with Gasteiger partial charge in [0.05, 0.1) is 11.6 Å². The molecule has 0 radical (unpaired) electrons. The first kappa shape index (κ1) is 11.4. The second-order valence-corrected chi connectivity index (χ2v) is 4.25. The lowest BCUT2D eigenvalue weighted by molar-refractivity contribution is 0.584. The number of hydrogen-bond donors (Lipinski definition) is 1. The van der Waals surface area contributed by atoms with Crippen LogP contribution in [0.5, 0.6) is 0 Å². The van der Waals surface area contributed by atoms with Gasteiger partial charge in [0.15, 0.2) is 0 Å². The molecule has 0 bridgehead atoms. The largest absolute Gasteiger partial charge is 0.354 e. The van der Waals surface area contributed by atoms with Crippen molar-refractivity contribution in [1.82, 2.24) is 4.98 Å². The van der Waals surface area contributed by atoms with Gasteiger partial charge in [0.2, 0.25) is 0 Å². The predicted molar refractivity (Wildman–Crippen MR) is 68.4 cm³/mol. The van der Waals surface area contributed by atoms with E-state index in [4.69, 9.17) is 5.26 Å². The Kier molecular flexibility index (Phi) is 2.53. The molecule has 0 aliphatic carbocycles. The number of hydrogen-bond acceptors (Lipinski definition) is 1. The first-order chi connectivity index (χ1) is 9.15. The van der Waals surface area contributed by atoms with E-state index in [1.807, 2.05) is 6.07 Å². The van der Waals surface area contributed by atoms with Crippen LogP contribution in [0, 0.1) is 23.0 Å². The quantitative estimate of drug-likeness (QED) is 0.700. The normalized spacial score (nSPS) is 10.6. The minimum Gasteiger partial charge on any atom is -0.354 e. The molecule has 0 amide bonds. The van der Waals surface area contributed by atoms with E-state index in [0.717, 1.165) is 17.0 Å². The van der Waals surface area contributed by atoms with Gasteiger partial charge in [-0.3, -0.25) is 0 Å². The Balaban J connectivity index is 2.18. The Bertz CT molecular complexity index is 792. The highest BCUT2D eigenvalue weighted by Crippen LogP contribution is 2.26. The van der Waals surface area contributed by atoms with Gasteiger partial charge in [-0.05, 0) is 30.3 Å². The monoisotopic (exact) mass is 254 g/mol. The van der Waals surface area contributed by atoms with E-state index in [1.54, 1.807) is 24.3 Å². The highest BCUT2D eigenvalue weighted by Gasteiger charge is 2.07. The van der Waals surface area contributed by atoms with E-state index in [0.29, 0.717) is 16.8 Å². The van der Waals surface area contributed by atoms with Crippen molar-refractivity contribution >= 4 is 10.9 Å². The van der Waals surface area contributed by atoms with Crippen molar-refractivity contribution in [2.45, 2.75) is 0 Å². The van der Waals surface area contributed by atoms with Crippen LogP contribution in [0.15, 0.2) is 42.5 Å².